The van der Waals surface area contributed by atoms with Gasteiger partial charge >= 0.3 is 0 Å². The first kappa shape index (κ1) is 25.8. The van der Waals surface area contributed by atoms with Crippen LogP contribution in [0.2, 0.25) is 0 Å². The third-order valence-corrected chi connectivity index (χ3v) is 11.5. The van der Waals surface area contributed by atoms with Gasteiger partial charge in [0.2, 0.25) is 0 Å². The number of furan rings is 1. The van der Waals surface area contributed by atoms with Crippen LogP contribution in [0.5, 0.6) is 0 Å². The van der Waals surface area contributed by atoms with Crippen LogP contribution in [0.15, 0.2) is 132 Å². The van der Waals surface area contributed by atoms with Crippen molar-refractivity contribution in [1.29, 1.82) is 0 Å². The Morgan fingerprint density at radius 2 is 1.26 bits per heavy atom. The van der Waals surface area contributed by atoms with Gasteiger partial charge in [-0.3, -0.25) is 0 Å². The van der Waals surface area contributed by atoms with E-state index in [1.165, 1.54) is 78.0 Å². The van der Waals surface area contributed by atoms with E-state index in [2.05, 4.69) is 141 Å². The monoisotopic (exact) mass is 600 g/mol. The molecule has 1 heteroatoms. The second-order valence-corrected chi connectivity index (χ2v) is 14.4. The van der Waals surface area contributed by atoms with Crippen molar-refractivity contribution in [2.75, 3.05) is 0 Å². The zero-order valence-electron chi connectivity index (χ0n) is 26.5. The summed E-state index contributed by atoms with van der Waals surface area (Å²) in [7, 11) is 0. The Labute approximate surface area is 273 Å². The van der Waals surface area contributed by atoms with E-state index in [4.69, 9.17) is 4.42 Å². The molecule has 8 aromatic rings. The smallest absolute Gasteiger partial charge is 0.135 e. The third-order valence-electron chi connectivity index (χ3n) is 11.5. The molecule has 1 saturated carbocycles. The molecule has 1 nitrogen and oxygen atoms in total. The number of hydrogen-bond acceptors (Lipinski definition) is 1. The van der Waals surface area contributed by atoms with Crippen molar-refractivity contribution < 1.29 is 4.42 Å². The molecule has 0 radical (unpaired) electrons. The Morgan fingerprint density at radius 3 is 2.02 bits per heavy atom. The summed E-state index contributed by atoms with van der Waals surface area (Å²) in [5.41, 5.74) is 15.7. The van der Waals surface area contributed by atoms with E-state index in [0.717, 1.165) is 27.9 Å². The number of fused-ring (bicyclic) bond motifs is 12. The van der Waals surface area contributed by atoms with Crippen LogP contribution in [0.3, 0.4) is 0 Å². The molecule has 0 saturated heterocycles. The molecule has 1 heterocycles. The minimum Gasteiger partial charge on any atom is -0.456 e. The van der Waals surface area contributed by atoms with Crippen molar-refractivity contribution in [3.8, 4) is 33.4 Å². The molecule has 222 valence electrons. The molecule has 0 N–H and O–H groups in total. The van der Waals surface area contributed by atoms with Gasteiger partial charge in [0.25, 0.3) is 0 Å². The maximum absolute atomic E-state index is 6.22. The molecule has 11 rings (SSSR count). The third kappa shape index (κ3) is 3.34. The lowest BCUT2D eigenvalue weighted by Gasteiger charge is -2.26. The van der Waals surface area contributed by atoms with Gasteiger partial charge in [-0.25, -0.2) is 0 Å². The first-order valence-electron chi connectivity index (χ1n) is 16.9. The average molecular weight is 601 g/mol. The maximum Gasteiger partial charge on any atom is 0.135 e. The van der Waals surface area contributed by atoms with E-state index in [1.807, 2.05) is 6.07 Å². The molecule has 1 aromatic heterocycles. The molecule has 2 atom stereocenters. The van der Waals surface area contributed by atoms with Gasteiger partial charge in [-0.2, -0.15) is 0 Å². The molecule has 0 spiro atoms. The Kier molecular flexibility index (Phi) is 4.87. The summed E-state index contributed by atoms with van der Waals surface area (Å²) < 4.78 is 6.22. The van der Waals surface area contributed by atoms with Crippen LogP contribution in [0.4, 0.5) is 0 Å². The Hall–Kier alpha value is -5.40. The van der Waals surface area contributed by atoms with Crippen molar-refractivity contribution >= 4 is 49.6 Å². The summed E-state index contributed by atoms with van der Waals surface area (Å²) in [4.78, 5) is 0. The van der Waals surface area contributed by atoms with Crippen LogP contribution in [0, 0.1) is 5.92 Å². The van der Waals surface area contributed by atoms with Gasteiger partial charge in [0.05, 0.1) is 0 Å². The van der Waals surface area contributed by atoms with Gasteiger partial charge in [-0.05, 0) is 114 Å². The molecule has 0 amide bonds. The van der Waals surface area contributed by atoms with Gasteiger partial charge < -0.3 is 4.42 Å². The summed E-state index contributed by atoms with van der Waals surface area (Å²) in [6.45, 7) is 4.87. The van der Waals surface area contributed by atoms with Crippen molar-refractivity contribution in [3.63, 3.8) is 0 Å². The van der Waals surface area contributed by atoms with Crippen molar-refractivity contribution in [2.45, 2.75) is 31.6 Å². The largest absolute Gasteiger partial charge is 0.456 e. The lowest BCUT2D eigenvalue weighted by molar-refractivity contribution is 0.657. The molecule has 2 unspecified atom stereocenters. The van der Waals surface area contributed by atoms with Crippen LogP contribution < -0.4 is 0 Å². The molecular weight excluding hydrogens is 569 g/mol. The maximum atomic E-state index is 6.22. The predicted molar refractivity (Wildman–Crippen MR) is 197 cm³/mol. The minimum atomic E-state index is -0.0770. The molecule has 1 fully saturated rings. The normalized spacial score (nSPS) is 18.4. The highest BCUT2D eigenvalue weighted by atomic mass is 16.3. The minimum absolute atomic E-state index is 0.0770. The molecule has 3 aliphatic carbocycles. The first-order chi connectivity index (χ1) is 23.1. The van der Waals surface area contributed by atoms with Gasteiger partial charge in [0, 0.05) is 16.2 Å². The van der Waals surface area contributed by atoms with Gasteiger partial charge in [0.1, 0.15) is 11.2 Å². The predicted octanol–water partition coefficient (Wildman–Crippen LogP) is 12.7. The number of para-hydroxylation sites is 1. The van der Waals surface area contributed by atoms with Crippen molar-refractivity contribution in [3.05, 3.63) is 150 Å². The highest BCUT2D eigenvalue weighted by Gasteiger charge is 2.45. The van der Waals surface area contributed by atoms with Gasteiger partial charge in [-0.15, -0.1) is 0 Å². The van der Waals surface area contributed by atoms with Crippen LogP contribution >= 0.6 is 0 Å². The fraction of sp³-hybridized carbons (Fsp3) is 0.130. The van der Waals surface area contributed by atoms with E-state index >= 15 is 0 Å². The van der Waals surface area contributed by atoms with E-state index in [-0.39, 0.29) is 5.41 Å². The van der Waals surface area contributed by atoms with Crippen molar-refractivity contribution in [2.24, 2.45) is 5.92 Å². The highest BCUT2D eigenvalue weighted by molar-refractivity contribution is 6.23. The fourth-order valence-electron chi connectivity index (χ4n) is 9.34. The molecule has 3 aliphatic rings. The Balaban J connectivity index is 1.22. The number of benzene rings is 7. The second kappa shape index (κ2) is 8.90. The summed E-state index contributed by atoms with van der Waals surface area (Å²) in [5.74, 6) is 1.45. The molecule has 47 heavy (non-hydrogen) atoms. The number of allylic oxidation sites excluding steroid dienone is 1. The fourth-order valence-corrected chi connectivity index (χ4v) is 9.34. The van der Waals surface area contributed by atoms with Crippen LogP contribution in [0.1, 0.15) is 48.4 Å². The summed E-state index contributed by atoms with van der Waals surface area (Å²) in [6, 6.07) is 45.0. The standard InChI is InChI=1S/C46H32O/c1-46(2)39-16-9-15-35(44(39)36-22-21-28-34(45(36)46)20-18-26-24-37(26)28)43-32-13-5-3-11-30(32)42(31-12-4-6-14-33(31)43)27-19-23-41-38(25-27)29-10-7-8-17-40(29)47-41/h3-23,25-26,37H,24H2,1-2H3. The van der Waals surface area contributed by atoms with Crippen LogP contribution in [-0.4, -0.2) is 0 Å². The van der Waals surface area contributed by atoms with Crippen LogP contribution in [0.25, 0.3) is 82.9 Å². The first-order valence-corrected chi connectivity index (χ1v) is 16.9. The summed E-state index contributed by atoms with van der Waals surface area (Å²) in [6.07, 6.45) is 6.21. The molecule has 7 aromatic carbocycles. The van der Waals surface area contributed by atoms with E-state index in [1.54, 1.807) is 5.56 Å². The molecule has 0 bridgehead atoms. The quantitative estimate of drug-likeness (QED) is 0.180. The van der Waals surface area contributed by atoms with Crippen molar-refractivity contribution in [1.82, 2.24) is 0 Å². The van der Waals surface area contributed by atoms with E-state index < -0.39 is 0 Å². The number of hydrogen-bond donors (Lipinski definition) is 0. The lowest BCUT2D eigenvalue weighted by atomic mass is 9.77. The molecule has 0 aliphatic heterocycles. The number of rotatable bonds is 2. The van der Waals surface area contributed by atoms with E-state index in [0.29, 0.717) is 5.92 Å². The SMILES string of the molecule is CC1(C)c2cccc(-c3c4ccccc4c(-c4ccc5oc6ccccc6c5c4)c4ccccc34)c2-c2ccc3c(c21)C=CC1CC31. The topological polar surface area (TPSA) is 13.1 Å². The van der Waals surface area contributed by atoms with E-state index in [9.17, 15) is 0 Å². The van der Waals surface area contributed by atoms with Gasteiger partial charge in [0.15, 0.2) is 0 Å². The second-order valence-electron chi connectivity index (χ2n) is 14.4. The van der Waals surface area contributed by atoms with Gasteiger partial charge in [-0.1, -0.05) is 129 Å². The lowest BCUT2D eigenvalue weighted by Crippen LogP contribution is -2.17. The summed E-state index contributed by atoms with van der Waals surface area (Å²) >= 11 is 0. The summed E-state index contributed by atoms with van der Waals surface area (Å²) in [5, 5.41) is 7.44. The molecular formula is C46H32O. The zero-order valence-corrected chi connectivity index (χ0v) is 26.5. The zero-order chi connectivity index (χ0) is 31.0. The Morgan fingerprint density at radius 1 is 0.574 bits per heavy atom. The highest BCUT2D eigenvalue weighted by Crippen LogP contribution is 2.60. The Bertz CT molecular complexity index is 2640. The average Bonchev–Trinajstić information content (AvgIpc) is 3.76. The van der Waals surface area contributed by atoms with Crippen LogP contribution in [-0.2, 0) is 5.41 Å².